The van der Waals surface area contributed by atoms with E-state index in [4.69, 9.17) is 0 Å². The average molecular weight is 416 g/mol. The van der Waals surface area contributed by atoms with Crippen LogP contribution in [0.25, 0.3) is 22.2 Å². The van der Waals surface area contributed by atoms with Crippen molar-refractivity contribution >= 4 is 23.5 Å². The van der Waals surface area contributed by atoms with Crippen LogP contribution in [0.2, 0.25) is 0 Å². The number of aromatic amines is 1. The number of fused-ring (bicyclic) bond motifs is 1. The minimum atomic E-state index is -1.58. The van der Waals surface area contributed by atoms with Gasteiger partial charge in [-0.05, 0) is 34.6 Å². The molecule has 0 aliphatic rings. The van der Waals surface area contributed by atoms with E-state index in [1.807, 2.05) is 60.7 Å². The first-order chi connectivity index (χ1) is 15.0. The van der Waals surface area contributed by atoms with E-state index in [1.54, 1.807) is 18.2 Å². The molecule has 0 amide bonds. The summed E-state index contributed by atoms with van der Waals surface area (Å²) in [6, 6.07) is 24.7. The number of hydrogen-bond acceptors (Lipinski definition) is 5. The van der Waals surface area contributed by atoms with Crippen LogP contribution in [-0.4, -0.2) is 33.8 Å². The Balaban J connectivity index is 1.89. The van der Waals surface area contributed by atoms with Gasteiger partial charge in [-0.3, -0.25) is 0 Å². The first-order valence-electron chi connectivity index (χ1n) is 9.94. The zero-order chi connectivity index (χ0) is 21.8. The molecular weight excluding hydrogens is 395 g/mol. The maximum atomic E-state index is 10.7. The minimum Gasteiger partial charge on any atom is -0.423 e. The first-order valence-corrected chi connectivity index (χ1v) is 9.94. The van der Waals surface area contributed by atoms with Gasteiger partial charge in [-0.25, -0.2) is 0 Å². The number of para-hydroxylation sites is 1. The molecule has 1 atom stereocenters. The highest BCUT2D eigenvalue weighted by Gasteiger charge is 2.24. The Labute approximate surface area is 179 Å². The van der Waals surface area contributed by atoms with Crippen molar-refractivity contribution in [2.24, 2.45) is 0 Å². The summed E-state index contributed by atoms with van der Waals surface area (Å²) in [5.41, 5.74) is 4.94. The number of nitrogens with zero attached hydrogens (tertiary/aromatic N) is 1. The fraction of sp³-hybridized carbons (Fsp3) is 0.130. The van der Waals surface area contributed by atoms with Gasteiger partial charge in [0.25, 0.3) is 5.09 Å². The van der Waals surface area contributed by atoms with Crippen LogP contribution in [0.3, 0.4) is 0 Å². The molecule has 1 heterocycles. The lowest BCUT2D eigenvalue weighted by molar-refractivity contribution is -0.757. The van der Waals surface area contributed by atoms with E-state index >= 15 is 0 Å². The van der Waals surface area contributed by atoms with E-state index in [1.165, 1.54) is 0 Å². The van der Waals surface area contributed by atoms with E-state index in [-0.39, 0.29) is 12.5 Å². The predicted molar refractivity (Wildman–Crippen MR) is 119 cm³/mol. The Morgan fingerprint density at radius 2 is 1.74 bits per heavy atom. The lowest BCUT2D eigenvalue weighted by Gasteiger charge is -2.19. The van der Waals surface area contributed by atoms with Crippen molar-refractivity contribution in [2.75, 3.05) is 6.61 Å². The molecule has 0 radical (unpaired) electrons. The second-order valence-electron chi connectivity index (χ2n) is 7.27. The number of rotatable bonds is 8. The summed E-state index contributed by atoms with van der Waals surface area (Å²) < 4.78 is 0. The van der Waals surface area contributed by atoms with E-state index in [9.17, 15) is 20.2 Å². The van der Waals surface area contributed by atoms with Gasteiger partial charge in [0.05, 0.1) is 12.3 Å². The van der Waals surface area contributed by atoms with E-state index < -0.39 is 12.2 Å². The molecule has 3 N–H and O–H groups in total. The summed E-state index contributed by atoms with van der Waals surface area (Å²) in [6.45, 7) is -0.0408. The van der Waals surface area contributed by atoms with Gasteiger partial charge in [0.2, 0.25) is 0 Å². The first kappa shape index (κ1) is 20.6. The van der Waals surface area contributed by atoms with Crippen molar-refractivity contribution in [2.45, 2.75) is 12.3 Å². The van der Waals surface area contributed by atoms with Crippen LogP contribution in [-0.2, 0) is 4.84 Å². The molecule has 7 nitrogen and oxygen atoms in total. The third-order valence-corrected chi connectivity index (χ3v) is 5.37. The topological polar surface area (TPSA) is 109 Å². The Morgan fingerprint density at radius 3 is 2.48 bits per heavy atom. The van der Waals surface area contributed by atoms with Crippen molar-refractivity contribution in [1.29, 1.82) is 0 Å². The molecular formula is C23H21BN2O5. The summed E-state index contributed by atoms with van der Waals surface area (Å²) in [4.78, 5) is 18.8. The highest BCUT2D eigenvalue weighted by atomic mass is 16.9. The molecule has 0 saturated heterocycles. The minimum absolute atomic E-state index is 0.0408. The predicted octanol–water partition coefficient (Wildman–Crippen LogP) is 3.25. The number of nitrogens with one attached hydrogen (secondary N) is 1. The molecule has 0 aliphatic carbocycles. The zero-order valence-electron chi connectivity index (χ0n) is 16.6. The number of aromatic nitrogens is 1. The van der Waals surface area contributed by atoms with Crippen LogP contribution in [0.15, 0.2) is 78.9 Å². The third kappa shape index (κ3) is 4.45. The largest absolute Gasteiger partial charge is 0.488 e. The van der Waals surface area contributed by atoms with Crippen molar-refractivity contribution in [3.63, 3.8) is 0 Å². The molecule has 0 aliphatic heterocycles. The van der Waals surface area contributed by atoms with E-state index in [0.717, 1.165) is 33.3 Å². The van der Waals surface area contributed by atoms with Crippen LogP contribution >= 0.6 is 0 Å². The molecule has 156 valence electrons. The van der Waals surface area contributed by atoms with Crippen molar-refractivity contribution in [3.8, 4) is 11.3 Å². The molecule has 1 unspecified atom stereocenters. The van der Waals surface area contributed by atoms with Gasteiger partial charge >= 0.3 is 7.12 Å². The summed E-state index contributed by atoms with van der Waals surface area (Å²) in [7, 11) is -1.58. The van der Waals surface area contributed by atoms with Crippen LogP contribution in [0.4, 0.5) is 0 Å². The zero-order valence-corrected chi connectivity index (χ0v) is 16.6. The summed E-state index contributed by atoms with van der Waals surface area (Å²) in [5, 5.41) is 30.2. The Kier molecular flexibility index (Phi) is 6.02. The third-order valence-electron chi connectivity index (χ3n) is 5.37. The van der Waals surface area contributed by atoms with Crippen LogP contribution in [0.5, 0.6) is 0 Å². The Morgan fingerprint density at radius 1 is 1.00 bits per heavy atom. The molecule has 1 aromatic heterocycles. The fourth-order valence-corrected chi connectivity index (χ4v) is 4.02. The standard InChI is InChI=1S/C23H21BN2O5/c27-24(28)18-10-6-9-17(15-18)23-22(20-11-4-5-12-21(20)25-23)19(13-14-31-26(29)30)16-7-2-1-3-8-16/h1-12,15,19,25,27-28H,13-14H2. The van der Waals surface area contributed by atoms with Crippen molar-refractivity contribution < 1.29 is 20.0 Å². The number of H-pyrrole nitrogens is 1. The molecule has 0 fully saturated rings. The van der Waals surface area contributed by atoms with Gasteiger partial charge in [-0.1, -0.05) is 72.8 Å². The molecule has 0 saturated carbocycles. The normalized spacial score (nSPS) is 11.9. The molecule has 31 heavy (non-hydrogen) atoms. The highest BCUT2D eigenvalue weighted by molar-refractivity contribution is 6.58. The fourth-order valence-electron chi connectivity index (χ4n) is 4.02. The lowest BCUT2D eigenvalue weighted by atomic mass is 9.78. The molecule has 4 rings (SSSR count). The molecule has 0 spiro atoms. The molecule has 4 aromatic rings. The maximum Gasteiger partial charge on any atom is 0.488 e. The van der Waals surface area contributed by atoms with Crippen LogP contribution < -0.4 is 5.46 Å². The number of benzene rings is 3. The van der Waals surface area contributed by atoms with Crippen molar-refractivity contribution in [3.05, 3.63) is 100 Å². The molecule has 8 heteroatoms. The Hall–Kier alpha value is -3.62. The van der Waals surface area contributed by atoms with Gasteiger partial charge in [0.1, 0.15) is 0 Å². The smallest absolute Gasteiger partial charge is 0.423 e. The quantitative estimate of drug-likeness (QED) is 0.232. The Bertz CT molecular complexity index is 1190. The average Bonchev–Trinajstić information content (AvgIpc) is 3.16. The second kappa shape index (κ2) is 9.03. The monoisotopic (exact) mass is 416 g/mol. The van der Waals surface area contributed by atoms with Crippen LogP contribution in [0.1, 0.15) is 23.5 Å². The summed E-state index contributed by atoms with van der Waals surface area (Å²) in [6.07, 6.45) is 0.405. The van der Waals surface area contributed by atoms with Crippen molar-refractivity contribution in [1.82, 2.24) is 4.98 Å². The van der Waals surface area contributed by atoms with Crippen LogP contribution in [0, 0.1) is 10.1 Å². The summed E-state index contributed by atoms with van der Waals surface area (Å²) >= 11 is 0. The molecule has 0 bridgehead atoms. The van der Waals surface area contributed by atoms with Gasteiger partial charge in [-0.2, -0.15) is 0 Å². The van der Waals surface area contributed by atoms with Gasteiger partial charge in [0.15, 0.2) is 0 Å². The maximum absolute atomic E-state index is 10.7. The SMILES string of the molecule is O=[N+]([O-])OCCC(c1ccccc1)c1c(-c2cccc(B(O)O)c2)[nH]c2ccccc12. The second-order valence-corrected chi connectivity index (χ2v) is 7.27. The van der Waals surface area contributed by atoms with E-state index in [0.29, 0.717) is 11.9 Å². The van der Waals surface area contributed by atoms with Gasteiger partial charge in [-0.15, -0.1) is 10.1 Å². The highest BCUT2D eigenvalue weighted by Crippen LogP contribution is 2.40. The molecule has 3 aromatic carbocycles. The van der Waals surface area contributed by atoms with E-state index in [2.05, 4.69) is 9.82 Å². The summed E-state index contributed by atoms with van der Waals surface area (Å²) in [5.74, 6) is -0.171. The number of hydrogen-bond donors (Lipinski definition) is 3. The van der Waals surface area contributed by atoms with Gasteiger partial charge < -0.3 is 19.9 Å². The lowest BCUT2D eigenvalue weighted by Crippen LogP contribution is -2.29. The van der Waals surface area contributed by atoms with Gasteiger partial charge in [0, 0.05) is 16.8 Å².